The van der Waals surface area contributed by atoms with Crippen LogP contribution in [0.1, 0.15) is 36.4 Å². The van der Waals surface area contributed by atoms with Crippen LogP contribution >= 0.6 is 11.3 Å². The molecule has 3 fully saturated rings. The Kier molecular flexibility index (Phi) is 3.92. The fourth-order valence-electron chi connectivity index (χ4n) is 5.15. The van der Waals surface area contributed by atoms with Crippen molar-refractivity contribution in [3.63, 3.8) is 0 Å². The van der Waals surface area contributed by atoms with Crippen LogP contribution in [0.2, 0.25) is 0 Å². The average molecular weight is 386 g/mol. The van der Waals surface area contributed by atoms with Crippen molar-refractivity contribution in [1.29, 1.82) is 0 Å². The molecular weight excluding hydrogens is 358 g/mol. The Morgan fingerprint density at radius 3 is 2.78 bits per heavy atom. The summed E-state index contributed by atoms with van der Waals surface area (Å²) in [6.45, 7) is 8.45. The lowest BCUT2D eigenvalue weighted by molar-refractivity contribution is -0.0377. The Morgan fingerprint density at radius 2 is 2.04 bits per heavy atom. The molecule has 1 amide bonds. The predicted molar refractivity (Wildman–Crippen MR) is 110 cm³/mol. The van der Waals surface area contributed by atoms with Crippen LogP contribution in [0.25, 0.3) is 10.1 Å². The molecule has 0 aliphatic carbocycles. The summed E-state index contributed by atoms with van der Waals surface area (Å²) in [6.07, 6.45) is 2.38. The lowest BCUT2D eigenvalue weighted by Crippen LogP contribution is -2.69. The first-order valence-corrected chi connectivity index (χ1v) is 10.7. The van der Waals surface area contributed by atoms with Crippen molar-refractivity contribution in [2.24, 2.45) is 5.92 Å². The zero-order valence-corrected chi connectivity index (χ0v) is 17.1. The second-order valence-corrected chi connectivity index (χ2v) is 9.69. The molecule has 3 saturated heterocycles. The minimum Gasteiger partial charge on any atom is -0.490 e. The van der Waals surface area contributed by atoms with Gasteiger partial charge in [-0.3, -0.25) is 9.69 Å². The summed E-state index contributed by atoms with van der Waals surface area (Å²) in [7, 11) is 2.09. The zero-order valence-electron chi connectivity index (χ0n) is 16.2. The molecule has 144 valence electrons. The maximum atomic E-state index is 13.1. The molecule has 6 rings (SSSR count). The van der Waals surface area contributed by atoms with Crippen LogP contribution in [0, 0.1) is 5.92 Å². The second-order valence-electron chi connectivity index (χ2n) is 8.64. The lowest BCUT2D eigenvalue weighted by Gasteiger charge is -2.56. The van der Waals surface area contributed by atoms with Crippen LogP contribution in [0.3, 0.4) is 0 Å². The molecule has 27 heavy (non-hydrogen) atoms. The van der Waals surface area contributed by atoms with E-state index in [0.717, 1.165) is 46.0 Å². The summed E-state index contributed by atoms with van der Waals surface area (Å²) in [5, 5.41) is 4.51. The van der Waals surface area contributed by atoms with Gasteiger partial charge in [-0.2, -0.15) is 0 Å². The van der Waals surface area contributed by atoms with Crippen molar-refractivity contribution >= 4 is 33.0 Å². The highest BCUT2D eigenvalue weighted by atomic mass is 32.1. The highest BCUT2D eigenvalue weighted by molar-refractivity contribution is 7.21. The smallest absolute Gasteiger partial charge is 0.261 e. The SMILES string of the molecule is CN1CCOc2ccc3cc(C(=O)NC4C5CCN(CC5)C4(C)C)sc3c21. The van der Waals surface area contributed by atoms with Gasteiger partial charge in [0.1, 0.15) is 12.4 Å². The van der Waals surface area contributed by atoms with Gasteiger partial charge >= 0.3 is 0 Å². The Hall–Kier alpha value is -1.79. The van der Waals surface area contributed by atoms with Crippen LogP contribution in [0.5, 0.6) is 5.75 Å². The molecule has 5 nitrogen and oxygen atoms in total. The highest BCUT2D eigenvalue weighted by Gasteiger charge is 2.48. The molecule has 4 aliphatic rings. The van der Waals surface area contributed by atoms with E-state index in [4.69, 9.17) is 4.74 Å². The van der Waals surface area contributed by atoms with Crippen LogP contribution in [-0.4, -0.2) is 55.7 Å². The lowest BCUT2D eigenvalue weighted by atomic mass is 9.72. The maximum Gasteiger partial charge on any atom is 0.261 e. The number of hydrogen-bond acceptors (Lipinski definition) is 5. The number of piperidine rings is 3. The van der Waals surface area contributed by atoms with Crippen LogP contribution in [0.15, 0.2) is 18.2 Å². The summed E-state index contributed by atoms with van der Waals surface area (Å²) < 4.78 is 6.96. The number of fused-ring (bicyclic) bond motifs is 6. The molecule has 1 aromatic heterocycles. The number of carbonyl (C=O) groups excluding carboxylic acids is 1. The average Bonchev–Trinajstić information content (AvgIpc) is 3.09. The Balaban J connectivity index is 1.46. The third-order valence-electron chi connectivity index (χ3n) is 6.79. The summed E-state index contributed by atoms with van der Waals surface area (Å²) in [5.41, 5.74) is 1.15. The van der Waals surface area contributed by atoms with Gasteiger partial charge in [-0.05, 0) is 69.3 Å². The van der Waals surface area contributed by atoms with Gasteiger partial charge in [-0.15, -0.1) is 11.3 Å². The van der Waals surface area contributed by atoms with Gasteiger partial charge in [0.15, 0.2) is 0 Å². The minimum atomic E-state index is 0.0285. The van der Waals surface area contributed by atoms with Crippen LogP contribution in [-0.2, 0) is 0 Å². The number of likely N-dealkylation sites (N-methyl/N-ethyl adjacent to an activating group) is 1. The van der Waals surface area contributed by atoms with E-state index in [0.29, 0.717) is 12.5 Å². The third kappa shape index (κ3) is 2.64. The molecule has 1 atom stereocenters. The van der Waals surface area contributed by atoms with E-state index in [-0.39, 0.29) is 17.5 Å². The van der Waals surface area contributed by atoms with Crippen molar-refractivity contribution in [3.8, 4) is 5.75 Å². The zero-order chi connectivity index (χ0) is 18.8. The van der Waals surface area contributed by atoms with Gasteiger partial charge < -0.3 is 15.0 Å². The number of ether oxygens (including phenoxy) is 1. The molecule has 1 N–H and O–H groups in total. The number of thiophene rings is 1. The Labute approximate surface area is 164 Å². The van der Waals surface area contributed by atoms with Gasteiger partial charge in [0.05, 0.1) is 21.8 Å². The normalized spacial score (nSPS) is 28.7. The van der Waals surface area contributed by atoms with E-state index in [9.17, 15) is 4.79 Å². The molecule has 6 heteroatoms. The standard InChI is InChI=1S/C21H27N3O2S/c1-21(2)19(13-6-8-24(21)9-7-13)22-20(25)16-12-14-4-5-15-17(18(14)27-16)23(3)10-11-26-15/h4-5,12-13,19H,6-11H2,1-3H3,(H,22,25). The summed E-state index contributed by atoms with van der Waals surface area (Å²) in [4.78, 5) is 18.7. The number of rotatable bonds is 2. The van der Waals surface area contributed by atoms with Crippen molar-refractivity contribution in [3.05, 3.63) is 23.1 Å². The van der Waals surface area contributed by atoms with E-state index in [1.807, 2.05) is 12.1 Å². The molecule has 5 heterocycles. The summed E-state index contributed by atoms with van der Waals surface area (Å²) in [6, 6.07) is 6.35. The number of amides is 1. The predicted octanol–water partition coefficient (Wildman–Crippen LogP) is 3.33. The molecule has 0 radical (unpaired) electrons. The van der Waals surface area contributed by atoms with Crippen molar-refractivity contribution in [2.75, 3.05) is 38.2 Å². The van der Waals surface area contributed by atoms with E-state index >= 15 is 0 Å². The van der Waals surface area contributed by atoms with E-state index in [1.165, 1.54) is 12.8 Å². The summed E-state index contributed by atoms with van der Waals surface area (Å²) in [5.74, 6) is 1.58. The van der Waals surface area contributed by atoms with Crippen LogP contribution in [0.4, 0.5) is 5.69 Å². The maximum absolute atomic E-state index is 13.1. The second kappa shape index (κ2) is 6.11. The molecule has 0 saturated carbocycles. The van der Waals surface area contributed by atoms with Crippen LogP contribution < -0.4 is 15.0 Å². The number of anilines is 1. The third-order valence-corrected chi connectivity index (χ3v) is 7.94. The monoisotopic (exact) mass is 385 g/mol. The van der Waals surface area contributed by atoms with Gasteiger partial charge in [0.2, 0.25) is 0 Å². The van der Waals surface area contributed by atoms with Crippen molar-refractivity contribution in [1.82, 2.24) is 10.2 Å². The fraction of sp³-hybridized carbons (Fsp3) is 0.571. The molecule has 1 aromatic carbocycles. The van der Waals surface area contributed by atoms with Gasteiger partial charge in [-0.1, -0.05) is 0 Å². The summed E-state index contributed by atoms with van der Waals surface area (Å²) >= 11 is 1.59. The van der Waals surface area contributed by atoms with E-state index < -0.39 is 0 Å². The first-order valence-electron chi connectivity index (χ1n) is 9.91. The molecular formula is C21H27N3O2S. The molecule has 4 aliphatic heterocycles. The van der Waals surface area contributed by atoms with Gasteiger partial charge in [0.25, 0.3) is 5.91 Å². The van der Waals surface area contributed by atoms with E-state index in [2.05, 4.69) is 42.1 Å². The quantitative estimate of drug-likeness (QED) is 0.861. The topological polar surface area (TPSA) is 44.8 Å². The number of benzene rings is 1. The molecule has 1 unspecified atom stereocenters. The first kappa shape index (κ1) is 17.3. The van der Waals surface area contributed by atoms with Gasteiger partial charge in [0, 0.05) is 18.6 Å². The highest BCUT2D eigenvalue weighted by Crippen LogP contribution is 2.43. The number of nitrogens with one attached hydrogen (secondary N) is 1. The molecule has 2 bridgehead atoms. The number of nitrogens with zero attached hydrogens (tertiary/aromatic N) is 2. The fourth-order valence-corrected chi connectivity index (χ4v) is 6.31. The van der Waals surface area contributed by atoms with E-state index in [1.54, 1.807) is 11.3 Å². The molecule has 2 aromatic rings. The number of hydrogen-bond donors (Lipinski definition) is 1. The van der Waals surface area contributed by atoms with Crippen molar-refractivity contribution < 1.29 is 9.53 Å². The Morgan fingerprint density at radius 1 is 1.26 bits per heavy atom. The minimum absolute atomic E-state index is 0.0285. The Bertz CT molecular complexity index is 898. The van der Waals surface area contributed by atoms with Crippen molar-refractivity contribution in [2.45, 2.75) is 38.3 Å². The first-order chi connectivity index (χ1) is 12.9. The largest absolute Gasteiger partial charge is 0.490 e. The number of carbonyl (C=O) groups is 1. The van der Waals surface area contributed by atoms with Gasteiger partial charge in [-0.25, -0.2) is 0 Å². The molecule has 0 spiro atoms.